The van der Waals surface area contributed by atoms with Gasteiger partial charge in [-0.05, 0) is 95.5 Å². The highest BCUT2D eigenvalue weighted by Crippen LogP contribution is 2.43. The van der Waals surface area contributed by atoms with Crippen LogP contribution in [0.3, 0.4) is 0 Å². The van der Waals surface area contributed by atoms with E-state index in [0.717, 1.165) is 37.7 Å². The fourth-order valence-electron chi connectivity index (χ4n) is 11.0. The number of hydrogen-bond acceptors (Lipinski definition) is 10. The number of likely N-dealkylation sites (tertiary alicyclic amines) is 2. The molecule has 2 heterocycles. The Morgan fingerprint density at radius 3 is 2.12 bits per heavy atom. The number of carbonyl (C=O) groups excluding carboxylic acids is 6. The number of nitrogens with one attached hydrogen (secondary N) is 1. The average molecular weight is 953 g/mol. The maximum absolute atomic E-state index is 14.7. The van der Waals surface area contributed by atoms with Gasteiger partial charge in [0.05, 0.1) is 36.6 Å². The van der Waals surface area contributed by atoms with Crippen LogP contribution in [0.4, 0.5) is 0 Å². The van der Waals surface area contributed by atoms with Gasteiger partial charge in [-0.1, -0.05) is 84.2 Å². The molecule has 0 unspecified atom stereocenters. The Bertz CT molecular complexity index is 1850. The van der Waals surface area contributed by atoms with Gasteiger partial charge in [0.15, 0.2) is 0 Å². The summed E-state index contributed by atoms with van der Waals surface area (Å²) in [6.07, 6.45) is 6.68. The van der Waals surface area contributed by atoms with Gasteiger partial charge in [0, 0.05) is 59.0 Å². The van der Waals surface area contributed by atoms with Crippen molar-refractivity contribution in [1.29, 1.82) is 0 Å². The number of ether oxygens (including phenoxy) is 3. The molecule has 2 aliphatic heterocycles. The number of piperidine rings is 1. The number of Topliss-reactive ketones (excluding diaryl/α,β-unsaturated/α-hetero) is 1. The van der Waals surface area contributed by atoms with Gasteiger partial charge in [-0.25, -0.2) is 0 Å². The Hall–Kier alpha value is -4.37. The monoisotopic (exact) mass is 953 g/mol. The smallest absolute Gasteiger partial charge is 0.307 e. The molecule has 1 aliphatic carbocycles. The van der Waals surface area contributed by atoms with E-state index in [9.17, 15) is 38.7 Å². The van der Waals surface area contributed by atoms with Crippen LogP contribution in [0.25, 0.3) is 0 Å². The normalized spacial score (nSPS) is 22.2. The van der Waals surface area contributed by atoms with Crippen LogP contribution in [0, 0.1) is 29.6 Å². The molecule has 1 saturated carbocycles. The molecule has 1 aromatic carbocycles. The lowest BCUT2D eigenvalue weighted by Crippen LogP contribution is -2.60. The number of methoxy groups -OCH3 is 2. The highest BCUT2D eigenvalue weighted by atomic mass is 16.6. The predicted octanol–water partition coefficient (Wildman–Crippen LogP) is 7.01. The van der Waals surface area contributed by atoms with E-state index >= 15 is 0 Å². The van der Waals surface area contributed by atoms with Crippen molar-refractivity contribution in [3.63, 3.8) is 0 Å². The molecule has 0 spiro atoms. The molecule has 0 radical (unpaired) electrons. The van der Waals surface area contributed by atoms with E-state index in [1.54, 1.807) is 28.7 Å². The second-order valence-electron chi connectivity index (χ2n) is 21.2. The molecule has 11 atom stereocenters. The molecule has 2 saturated heterocycles. The number of benzene rings is 1. The lowest BCUT2D eigenvalue weighted by molar-refractivity contribution is -0.155. The predicted molar refractivity (Wildman–Crippen MR) is 259 cm³/mol. The topological polar surface area (TPSA) is 189 Å². The number of carbonyl (C=O) groups is 7. The third-order valence-electron chi connectivity index (χ3n) is 14.8. The van der Waals surface area contributed by atoms with Gasteiger partial charge >= 0.3 is 11.9 Å². The molecule has 382 valence electrons. The van der Waals surface area contributed by atoms with Crippen LogP contribution in [0.15, 0.2) is 30.3 Å². The van der Waals surface area contributed by atoms with E-state index < -0.39 is 59.8 Å². The number of rotatable bonds is 27. The standard InChI is InChI=1S/C53H84N4O11/c1-12-34(4)47(42(66-10)32-44(60)56-28-20-23-40(56)49(67-11)35(5)41(58)31-38(52(64)65)29-36-21-16-15-17-22-36)55(9)51(63)46(33(2)3)54-50(62)48-37-26-27-39(30-37)57(48)43(59)24-18-13-14-19-25-45(61)68-53(6,7)8/h15-17,21-22,33-35,37-40,42,46-49H,12-14,18-20,23-32H2,1-11H3,(H,54,62)(H,64,65)/t34-,35-,37-,38+,39-,40-,42+,46-,47-,48-,49+/m0/s1. The summed E-state index contributed by atoms with van der Waals surface area (Å²) in [6.45, 7) is 15.5. The summed E-state index contributed by atoms with van der Waals surface area (Å²) >= 11 is 0. The van der Waals surface area contributed by atoms with Crippen molar-refractivity contribution in [2.24, 2.45) is 29.6 Å². The summed E-state index contributed by atoms with van der Waals surface area (Å²) in [5.74, 6) is -4.32. The largest absolute Gasteiger partial charge is 0.481 e. The van der Waals surface area contributed by atoms with E-state index in [1.165, 1.54) is 14.2 Å². The number of aliphatic carboxylic acids is 1. The molecule has 15 heteroatoms. The van der Waals surface area contributed by atoms with Crippen LogP contribution in [-0.4, -0.2) is 137 Å². The van der Waals surface area contributed by atoms with Crippen molar-refractivity contribution in [1.82, 2.24) is 20.0 Å². The van der Waals surface area contributed by atoms with E-state index in [2.05, 4.69) is 5.32 Å². The summed E-state index contributed by atoms with van der Waals surface area (Å²) in [5, 5.41) is 13.1. The number of ketones is 1. The summed E-state index contributed by atoms with van der Waals surface area (Å²) in [6, 6.07) is 6.71. The summed E-state index contributed by atoms with van der Waals surface area (Å²) in [4.78, 5) is 100. The third kappa shape index (κ3) is 15.1. The lowest BCUT2D eigenvalue weighted by atomic mass is 9.85. The maximum atomic E-state index is 14.7. The lowest BCUT2D eigenvalue weighted by Gasteiger charge is -2.41. The van der Waals surface area contributed by atoms with Crippen molar-refractivity contribution in [2.45, 2.75) is 200 Å². The van der Waals surface area contributed by atoms with Gasteiger partial charge < -0.3 is 39.3 Å². The Kier molecular flexibility index (Phi) is 21.5. The van der Waals surface area contributed by atoms with Crippen LogP contribution >= 0.6 is 0 Å². The zero-order valence-electron chi connectivity index (χ0n) is 43.0. The number of hydrogen-bond donors (Lipinski definition) is 2. The molecular weight excluding hydrogens is 869 g/mol. The molecule has 2 N–H and O–H groups in total. The first-order valence-corrected chi connectivity index (χ1v) is 25.4. The van der Waals surface area contributed by atoms with Gasteiger partial charge in [0.2, 0.25) is 23.6 Å². The van der Waals surface area contributed by atoms with Crippen molar-refractivity contribution < 1.29 is 52.9 Å². The minimum Gasteiger partial charge on any atom is -0.481 e. The minimum absolute atomic E-state index is 0.00614. The van der Waals surface area contributed by atoms with Crippen molar-refractivity contribution in [3.05, 3.63) is 35.9 Å². The van der Waals surface area contributed by atoms with Crippen molar-refractivity contribution in [2.75, 3.05) is 27.8 Å². The number of fused-ring (bicyclic) bond motifs is 2. The van der Waals surface area contributed by atoms with Gasteiger partial charge in [0.1, 0.15) is 23.5 Å². The second kappa shape index (κ2) is 26.0. The molecule has 68 heavy (non-hydrogen) atoms. The quantitative estimate of drug-likeness (QED) is 0.0682. The van der Waals surface area contributed by atoms with Crippen LogP contribution in [0.5, 0.6) is 0 Å². The summed E-state index contributed by atoms with van der Waals surface area (Å²) in [5.41, 5.74) is 0.314. The number of carboxylic acid groups (broad SMARTS) is 1. The van der Waals surface area contributed by atoms with Crippen molar-refractivity contribution >= 4 is 41.4 Å². The van der Waals surface area contributed by atoms with E-state index in [1.807, 2.05) is 78.8 Å². The number of unbranched alkanes of at least 4 members (excludes halogenated alkanes) is 3. The average Bonchev–Trinajstić information content (AvgIpc) is 4.06. The van der Waals surface area contributed by atoms with E-state index in [4.69, 9.17) is 14.2 Å². The molecule has 1 aromatic rings. The molecule has 4 amide bonds. The molecule has 3 aliphatic rings. The SMILES string of the molecule is CC[C@H](C)[C@@H]([C@@H](CC(=O)N1CCC[C@H]1[C@H](OC)[C@@H](C)C(=O)C[C@@H](Cc1ccccc1)C(=O)O)OC)N(C)C(=O)[C@@H](NC(=O)[C@@H]1[C@H]2CC[C@@H](C2)N1C(=O)CCCCCCC(=O)OC(C)(C)C)C(C)C. The zero-order chi connectivity index (χ0) is 50.5. The van der Waals surface area contributed by atoms with Gasteiger partial charge in [-0.2, -0.15) is 0 Å². The van der Waals surface area contributed by atoms with Gasteiger partial charge in [0.25, 0.3) is 0 Å². The summed E-state index contributed by atoms with van der Waals surface area (Å²) in [7, 11) is 4.75. The maximum Gasteiger partial charge on any atom is 0.307 e. The number of likely N-dealkylation sites (N-methyl/N-ethyl adjacent to an activating group) is 1. The second-order valence-corrected chi connectivity index (χ2v) is 21.2. The fourth-order valence-corrected chi connectivity index (χ4v) is 11.0. The molecular formula is C53H84N4O11. The first kappa shape index (κ1) is 56.2. The molecule has 0 aromatic heterocycles. The molecule has 3 fully saturated rings. The highest BCUT2D eigenvalue weighted by molar-refractivity contribution is 5.93. The van der Waals surface area contributed by atoms with Crippen LogP contribution in [0.1, 0.15) is 151 Å². The van der Waals surface area contributed by atoms with Crippen LogP contribution < -0.4 is 5.32 Å². The Morgan fingerprint density at radius 1 is 0.868 bits per heavy atom. The van der Waals surface area contributed by atoms with Gasteiger partial charge in [-0.15, -0.1) is 0 Å². The fraction of sp³-hybridized carbons (Fsp3) is 0.755. The highest BCUT2D eigenvalue weighted by Gasteiger charge is 2.52. The Labute approximate surface area is 406 Å². The Balaban J connectivity index is 1.41. The number of nitrogens with zero attached hydrogens (tertiary/aromatic N) is 3. The Morgan fingerprint density at radius 2 is 1.53 bits per heavy atom. The molecule has 4 rings (SSSR count). The first-order valence-electron chi connectivity index (χ1n) is 25.4. The first-order chi connectivity index (χ1) is 32.1. The molecule has 2 bridgehead atoms. The van der Waals surface area contributed by atoms with Gasteiger partial charge in [-0.3, -0.25) is 33.6 Å². The van der Waals surface area contributed by atoms with Crippen molar-refractivity contribution in [3.8, 4) is 0 Å². The van der Waals surface area contributed by atoms with Crippen LogP contribution in [-0.2, 0) is 54.2 Å². The number of amides is 4. The number of carboxylic acids is 1. The van der Waals surface area contributed by atoms with E-state index in [0.29, 0.717) is 51.5 Å². The summed E-state index contributed by atoms with van der Waals surface area (Å²) < 4.78 is 17.4. The third-order valence-corrected chi connectivity index (χ3v) is 14.8. The number of esters is 1. The molecule has 15 nitrogen and oxygen atoms in total. The minimum atomic E-state index is -1.04. The van der Waals surface area contributed by atoms with E-state index in [-0.39, 0.29) is 78.4 Å². The van der Waals surface area contributed by atoms with Crippen LogP contribution in [0.2, 0.25) is 0 Å². The zero-order valence-corrected chi connectivity index (χ0v) is 43.0.